The Morgan fingerprint density at radius 2 is 2.05 bits per heavy atom. The Kier molecular flexibility index (Phi) is 3.64. The minimum Gasteiger partial charge on any atom is -0.394 e. The fourth-order valence-electron chi connectivity index (χ4n) is 1.63. The van der Waals surface area contributed by atoms with Gasteiger partial charge < -0.3 is 5.11 Å². The Bertz CT molecular complexity index is 636. The molecule has 0 saturated carbocycles. The highest BCUT2D eigenvalue weighted by atomic mass is 16.3. The fourth-order valence-corrected chi connectivity index (χ4v) is 1.63. The monoisotopic (exact) mass is 262 g/mol. The SMILES string of the molecule is CN(Cn1nnc2ccccc2c1=O)C(C)(C)CO. The number of nitrogens with zero attached hydrogens (tertiary/aromatic N) is 4. The Labute approximate surface area is 111 Å². The van der Waals surface area contributed by atoms with Crippen LogP contribution in [0.3, 0.4) is 0 Å². The molecule has 0 spiro atoms. The van der Waals surface area contributed by atoms with Crippen LogP contribution in [0.15, 0.2) is 29.1 Å². The van der Waals surface area contributed by atoms with E-state index < -0.39 is 5.54 Å². The van der Waals surface area contributed by atoms with E-state index in [0.717, 1.165) is 0 Å². The third kappa shape index (κ3) is 2.64. The van der Waals surface area contributed by atoms with Crippen molar-refractivity contribution in [2.75, 3.05) is 13.7 Å². The van der Waals surface area contributed by atoms with Crippen LogP contribution in [0.2, 0.25) is 0 Å². The molecule has 6 nitrogen and oxygen atoms in total. The van der Waals surface area contributed by atoms with E-state index in [0.29, 0.717) is 10.9 Å². The number of hydrogen-bond donors (Lipinski definition) is 1. The zero-order chi connectivity index (χ0) is 14.0. The number of likely N-dealkylation sites (N-methyl/N-ethyl adjacent to an activating group) is 1. The number of rotatable bonds is 4. The van der Waals surface area contributed by atoms with E-state index in [1.807, 2.05) is 31.9 Å². The van der Waals surface area contributed by atoms with Crippen molar-refractivity contribution in [3.63, 3.8) is 0 Å². The molecule has 0 aliphatic rings. The van der Waals surface area contributed by atoms with Gasteiger partial charge in [-0.2, -0.15) is 4.68 Å². The first-order chi connectivity index (χ1) is 8.95. The molecule has 19 heavy (non-hydrogen) atoms. The molecule has 0 saturated heterocycles. The largest absolute Gasteiger partial charge is 0.394 e. The van der Waals surface area contributed by atoms with Crippen molar-refractivity contribution in [2.45, 2.75) is 26.1 Å². The van der Waals surface area contributed by atoms with E-state index in [2.05, 4.69) is 10.3 Å². The van der Waals surface area contributed by atoms with Crippen LogP contribution in [0.5, 0.6) is 0 Å². The maximum Gasteiger partial charge on any atom is 0.278 e. The van der Waals surface area contributed by atoms with Crippen LogP contribution in [0, 0.1) is 0 Å². The fraction of sp³-hybridized carbons (Fsp3) is 0.462. The van der Waals surface area contributed by atoms with Gasteiger partial charge in [-0.25, -0.2) is 0 Å². The van der Waals surface area contributed by atoms with Gasteiger partial charge in [-0.1, -0.05) is 17.3 Å². The maximum absolute atomic E-state index is 12.3. The molecule has 0 aliphatic carbocycles. The zero-order valence-corrected chi connectivity index (χ0v) is 11.4. The molecular weight excluding hydrogens is 244 g/mol. The lowest BCUT2D eigenvalue weighted by atomic mass is 10.1. The van der Waals surface area contributed by atoms with Crippen LogP contribution >= 0.6 is 0 Å². The van der Waals surface area contributed by atoms with Crippen molar-refractivity contribution >= 4 is 10.9 Å². The summed E-state index contributed by atoms with van der Waals surface area (Å²) in [4.78, 5) is 14.1. The van der Waals surface area contributed by atoms with Crippen LogP contribution in [0.25, 0.3) is 10.9 Å². The molecule has 0 radical (unpaired) electrons. The molecule has 0 amide bonds. The van der Waals surface area contributed by atoms with Gasteiger partial charge >= 0.3 is 0 Å². The summed E-state index contributed by atoms with van der Waals surface area (Å²) in [6, 6.07) is 7.12. The first-order valence-electron chi connectivity index (χ1n) is 6.10. The Morgan fingerprint density at radius 3 is 2.74 bits per heavy atom. The second-order valence-corrected chi connectivity index (χ2v) is 5.22. The molecular formula is C13H18N4O2. The summed E-state index contributed by atoms with van der Waals surface area (Å²) >= 11 is 0. The summed E-state index contributed by atoms with van der Waals surface area (Å²) in [5.41, 5.74) is -0.00809. The van der Waals surface area contributed by atoms with Gasteiger partial charge in [0.05, 0.1) is 18.7 Å². The molecule has 102 valence electrons. The number of hydrogen-bond acceptors (Lipinski definition) is 5. The highest BCUT2D eigenvalue weighted by Gasteiger charge is 2.23. The lowest BCUT2D eigenvalue weighted by Crippen LogP contribution is -2.47. The Morgan fingerprint density at radius 1 is 1.37 bits per heavy atom. The lowest BCUT2D eigenvalue weighted by Gasteiger charge is -2.33. The van der Waals surface area contributed by atoms with E-state index in [4.69, 9.17) is 0 Å². The van der Waals surface area contributed by atoms with Gasteiger partial charge in [0.1, 0.15) is 5.52 Å². The molecule has 1 heterocycles. The molecule has 0 bridgehead atoms. The van der Waals surface area contributed by atoms with Gasteiger partial charge in [0.25, 0.3) is 5.56 Å². The second kappa shape index (κ2) is 5.07. The Hall–Kier alpha value is -1.79. The van der Waals surface area contributed by atoms with Gasteiger partial charge in [0, 0.05) is 5.54 Å². The third-order valence-corrected chi connectivity index (χ3v) is 3.40. The van der Waals surface area contributed by atoms with Crippen molar-refractivity contribution < 1.29 is 5.11 Å². The topological polar surface area (TPSA) is 71.2 Å². The third-order valence-electron chi connectivity index (χ3n) is 3.40. The maximum atomic E-state index is 12.3. The molecule has 2 aromatic rings. The number of aromatic nitrogens is 3. The molecule has 1 aromatic heterocycles. The normalized spacial score (nSPS) is 12.3. The number of fused-ring (bicyclic) bond motifs is 1. The quantitative estimate of drug-likeness (QED) is 0.866. The average Bonchev–Trinajstić information content (AvgIpc) is 2.42. The lowest BCUT2D eigenvalue weighted by molar-refractivity contribution is 0.0498. The summed E-state index contributed by atoms with van der Waals surface area (Å²) in [6.07, 6.45) is 0. The van der Waals surface area contributed by atoms with E-state index in [-0.39, 0.29) is 18.8 Å². The summed E-state index contributed by atoms with van der Waals surface area (Å²) in [6.45, 7) is 4.07. The van der Waals surface area contributed by atoms with Crippen LogP contribution in [0.1, 0.15) is 13.8 Å². The number of aliphatic hydroxyl groups is 1. The van der Waals surface area contributed by atoms with Crippen LogP contribution in [-0.4, -0.2) is 44.2 Å². The molecule has 0 fully saturated rings. The first-order valence-corrected chi connectivity index (χ1v) is 6.10. The summed E-state index contributed by atoms with van der Waals surface area (Å²) in [5.74, 6) is 0. The minimum absolute atomic E-state index is 0.000734. The first kappa shape index (κ1) is 13.6. The number of benzene rings is 1. The molecule has 0 unspecified atom stereocenters. The second-order valence-electron chi connectivity index (χ2n) is 5.22. The predicted octanol–water partition coefficient (Wildman–Crippen LogP) is 0.452. The van der Waals surface area contributed by atoms with Gasteiger partial charge in [0.15, 0.2) is 0 Å². The molecule has 1 aromatic carbocycles. The Balaban J connectivity index is 2.37. The highest BCUT2D eigenvalue weighted by molar-refractivity contribution is 5.76. The summed E-state index contributed by atoms with van der Waals surface area (Å²) in [5, 5.41) is 17.8. The zero-order valence-electron chi connectivity index (χ0n) is 11.4. The summed E-state index contributed by atoms with van der Waals surface area (Å²) < 4.78 is 1.31. The molecule has 2 rings (SSSR count). The van der Waals surface area contributed by atoms with Gasteiger partial charge in [-0.05, 0) is 33.0 Å². The predicted molar refractivity (Wildman–Crippen MR) is 72.7 cm³/mol. The standard InChI is InChI=1S/C13H18N4O2/c1-13(2,8-18)16(3)9-17-12(19)10-6-4-5-7-11(10)14-15-17/h4-7,18H,8-9H2,1-3H3. The molecule has 0 aliphatic heterocycles. The van der Waals surface area contributed by atoms with Gasteiger partial charge in [-0.3, -0.25) is 9.69 Å². The van der Waals surface area contributed by atoms with Crippen molar-refractivity contribution in [3.05, 3.63) is 34.6 Å². The minimum atomic E-state index is -0.424. The summed E-state index contributed by atoms with van der Waals surface area (Å²) in [7, 11) is 1.83. The van der Waals surface area contributed by atoms with E-state index >= 15 is 0 Å². The van der Waals surface area contributed by atoms with Crippen LogP contribution in [-0.2, 0) is 6.67 Å². The van der Waals surface area contributed by atoms with Gasteiger partial charge in [-0.15, -0.1) is 5.10 Å². The smallest absolute Gasteiger partial charge is 0.278 e. The van der Waals surface area contributed by atoms with Crippen molar-refractivity contribution in [1.82, 2.24) is 19.9 Å². The van der Waals surface area contributed by atoms with E-state index in [1.165, 1.54) is 4.68 Å². The average molecular weight is 262 g/mol. The van der Waals surface area contributed by atoms with Crippen LogP contribution < -0.4 is 5.56 Å². The van der Waals surface area contributed by atoms with Crippen molar-refractivity contribution in [3.8, 4) is 0 Å². The molecule has 1 N–H and O–H groups in total. The van der Waals surface area contributed by atoms with Crippen molar-refractivity contribution in [2.24, 2.45) is 0 Å². The van der Waals surface area contributed by atoms with Gasteiger partial charge in [0.2, 0.25) is 0 Å². The van der Waals surface area contributed by atoms with Crippen molar-refractivity contribution in [1.29, 1.82) is 0 Å². The van der Waals surface area contributed by atoms with E-state index in [1.54, 1.807) is 18.2 Å². The molecule has 6 heteroatoms. The number of aliphatic hydroxyl groups excluding tert-OH is 1. The van der Waals surface area contributed by atoms with Crippen LogP contribution in [0.4, 0.5) is 0 Å². The highest BCUT2D eigenvalue weighted by Crippen LogP contribution is 2.11. The molecule has 0 atom stereocenters. The van der Waals surface area contributed by atoms with E-state index in [9.17, 15) is 9.90 Å².